The van der Waals surface area contributed by atoms with Crippen molar-refractivity contribution in [2.45, 2.75) is 37.9 Å². The number of hydrogen-bond donors (Lipinski definition) is 1. The molecule has 2 aromatic rings. The zero-order chi connectivity index (χ0) is 19.6. The highest BCUT2D eigenvalue weighted by molar-refractivity contribution is 7.12. The Morgan fingerprint density at radius 1 is 1.21 bits per heavy atom. The molecule has 0 aromatic carbocycles. The van der Waals surface area contributed by atoms with E-state index in [1.165, 1.54) is 22.7 Å². The molecule has 5 rings (SSSR count). The van der Waals surface area contributed by atoms with E-state index in [-0.39, 0.29) is 6.10 Å². The van der Waals surface area contributed by atoms with Crippen molar-refractivity contribution >= 4 is 28.6 Å². The quantitative estimate of drug-likeness (QED) is 0.460. The normalized spacial score (nSPS) is 26.5. The molecule has 1 unspecified atom stereocenters. The summed E-state index contributed by atoms with van der Waals surface area (Å²) in [6, 6.07) is 7.31. The lowest BCUT2D eigenvalue weighted by Crippen LogP contribution is -2.64. The number of fused-ring (bicyclic) bond motifs is 3. The van der Waals surface area contributed by atoms with Crippen LogP contribution in [0.1, 0.15) is 35.9 Å². The van der Waals surface area contributed by atoms with Crippen LogP contribution >= 0.6 is 22.7 Å². The van der Waals surface area contributed by atoms with E-state index in [0.717, 1.165) is 49.9 Å². The van der Waals surface area contributed by atoms with Gasteiger partial charge in [0, 0.05) is 25.2 Å². The zero-order valence-electron chi connectivity index (χ0n) is 16.1. The van der Waals surface area contributed by atoms with Gasteiger partial charge in [-0.05, 0) is 28.8 Å². The zero-order valence-corrected chi connectivity index (χ0v) is 17.7. The molecule has 1 atom stereocenters. The van der Waals surface area contributed by atoms with Gasteiger partial charge in [-0.15, -0.1) is 22.7 Å². The number of hydrogen-bond acceptors (Lipinski definition) is 5. The molecule has 5 heterocycles. The third-order valence-electron chi connectivity index (χ3n) is 6.07. The second kappa shape index (κ2) is 8.00. The average molecular weight is 417 g/mol. The number of rotatable bonds is 5. The standard InChI is InChI=1S/C22H26NO3S2/c1-2-3-4-11-23-12-9-17(10-13-23)18(16-23)26-21(24)22(25,19-7-5-14-27-19)20-8-6-15-28-20/h5-8,14-15,17-18,25H,2,9-13,16H2,1H3/q+1. The summed E-state index contributed by atoms with van der Waals surface area (Å²) in [6.07, 6.45) is 2.84. The minimum absolute atomic E-state index is 0.148. The topological polar surface area (TPSA) is 46.5 Å². The molecule has 3 saturated heterocycles. The van der Waals surface area contributed by atoms with E-state index in [1.807, 2.05) is 22.9 Å². The molecular weight excluding hydrogens is 390 g/mol. The summed E-state index contributed by atoms with van der Waals surface area (Å²) in [7, 11) is 0. The smallest absolute Gasteiger partial charge is 0.349 e. The summed E-state index contributed by atoms with van der Waals surface area (Å²) in [5, 5.41) is 15.2. The van der Waals surface area contributed by atoms with E-state index >= 15 is 0 Å². The van der Waals surface area contributed by atoms with Gasteiger partial charge in [0.15, 0.2) is 6.10 Å². The van der Waals surface area contributed by atoms with E-state index in [9.17, 15) is 9.90 Å². The van der Waals surface area contributed by atoms with Gasteiger partial charge in [0.2, 0.25) is 5.60 Å². The number of ether oxygens (including phenoxy) is 1. The van der Waals surface area contributed by atoms with Gasteiger partial charge in [-0.2, -0.15) is 0 Å². The van der Waals surface area contributed by atoms with Crippen LogP contribution in [0.25, 0.3) is 0 Å². The van der Waals surface area contributed by atoms with E-state index < -0.39 is 11.6 Å². The summed E-state index contributed by atoms with van der Waals surface area (Å²) < 4.78 is 6.94. The van der Waals surface area contributed by atoms with Gasteiger partial charge < -0.3 is 14.3 Å². The van der Waals surface area contributed by atoms with Crippen molar-refractivity contribution in [3.63, 3.8) is 0 Å². The van der Waals surface area contributed by atoms with E-state index in [4.69, 9.17) is 4.74 Å². The first-order valence-corrected chi connectivity index (χ1v) is 11.7. The van der Waals surface area contributed by atoms with Crippen LogP contribution in [0.15, 0.2) is 35.0 Å². The molecule has 0 aliphatic carbocycles. The average Bonchev–Trinajstić information content (AvgIpc) is 3.43. The van der Waals surface area contributed by atoms with Crippen molar-refractivity contribution in [2.75, 3.05) is 26.2 Å². The van der Waals surface area contributed by atoms with Gasteiger partial charge >= 0.3 is 5.97 Å². The van der Waals surface area contributed by atoms with Crippen molar-refractivity contribution < 1.29 is 19.1 Å². The number of quaternary nitrogens is 1. The van der Waals surface area contributed by atoms with Gasteiger partial charge in [-0.25, -0.2) is 4.79 Å². The predicted molar refractivity (Wildman–Crippen MR) is 112 cm³/mol. The summed E-state index contributed by atoms with van der Waals surface area (Å²) in [5.74, 6) is 6.32. The molecule has 6 heteroatoms. The van der Waals surface area contributed by atoms with E-state index in [2.05, 4.69) is 18.8 Å². The third-order valence-corrected chi connectivity index (χ3v) is 8.02. The number of thiophene rings is 2. The lowest BCUT2D eigenvalue weighted by molar-refractivity contribution is -0.939. The molecule has 3 aliphatic rings. The van der Waals surface area contributed by atoms with Crippen molar-refractivity contribution in [3.05, 3.63) is 44.8 Å². The molecule has 2 aromatic heterocycles. The Morgan fingerprint density at radius 3 is 2.39 bits per heavy atom. The summed E-state index contributed by atoms with van der Waals surface area (Å²) in [6.45, 7) is 5.92. The van der Waals surface area contributed by atoms with Gasteiger partial charge in [0.05, 0.1) is 22.8 Å². The minimum atomic E-state index is -1.72. The molecule has 3 fully saturated rings. The van der Waals surface area contributed by atoms with Gasteiger partial charge in [-0.1, -0.05) is 25.0 Å². The molecule has 3 aliphatic heterocycles. The monoisotopic (exact) mass is 416 g/mol. The Morgan fingerprint density at radius 2 is 1.86 bits per heavy atom. The first-order chi connectivity index (χ1) is 13.6. The minimum Gasteiger partial charge on any atom is -0.453 e. The van der Waals surface area contributed by atoms with Crippen LogP contribution in [-0.2, 0) is 15.1 Å². The van der Waals surface area contributed by atoms with Gasteiger partial charge in [-0.3, -0.25) is 0 Å². The Kier molecular flexibility index (Phi) is 5.62. The Hall–Kier alpha value is -1.65. The highest BCUT2D eigenvalue weighted by Gasteiger charge is 2.51. The second-order valence-electron chi connectivity index (χ2n) is 7.78. The maximum atomic E-state index is 13.3. The van der Waals surface area contributed by atoms with E-state index in [1.54, 1.807) is 12.1 Å². The molecule has 0 amide bonds. The Bertz CT molecular complexity index is 821. The summed E-state index contributed by atoms with van der Waals surface area (Å²) in [4.78, 5) is 14.5. The van der Waals surface area contributed by atoms with Crippen LogP contribution in [0, 0.1) is 17.8 Å². The first-order valence-electron chi connectivity index (χ1n) is 9.90. The molecule has 2 bridgehead atoms. The fraction of sp³-hybridized carbons (Fsp3) is 0.500. The number of piperidine rings is 3. The van der Waals surface area contributed by atoms with Crippen molar-refractivity contribution in [1.29, 1.82) is 0 Å². The highest BCUT2D eigenvalue weighted by atomic mass is 32.1. The fourth-order valence-electron chi connectivity index (χ4n) is 4.44. The van der Waals surface area contributed by atoms with Crippen LogP contribution in [-0.4, -0.2) is 47.8 Å². The van der Waals surface area contributed by atoms with Crippen molar-refractivity contribution in [1.82, 2.24) is 0 Å². The van der Waals surface area contributed by atoms with Crippen LogP contribution < -0.4 is 0 Å². The van der Waals surface area contributed by atoms with Crippen LogP contribution in [0.3, 0.4) is 0 Å². The number of carbonyl (C=O) groups excluding carboxylic acids is 1. The highest BCUT2D eigenvalue weighted by Crippen LogP contribution is 2.40. The molecule has 148 valence electrons. The molecule has 1 N–H and O–H groups in total. The van der Waals surface area contributed by atoms with Gasteiger partial charge in [0.25, 0.3) is 0 Å². The summed E-state index contributed by atoms with van der Waals surface area (Å²) in [5.41, 5.74) is -1.72. The fourth-order valence-corrected chi connectivity index (χ4v) is 6.15. The molecule has 28 heavy (non-hydrogen) atoms. The predicted octanol–water partition coefficient (Wildman–Crippen LogP) is 3.61. The number of aliphatic hydroxyl groups is 1. The van der Waals surface area contributed by atoms with Crippen LogP contribution in [0.5, 0.6) is 0 Å². The SMILES string of the molecule is CCC#CC[N+]12CCC(CC1)C(OC(=O)C(O)(c1cccs1)c1cccs1)C2. The third kappa shape index (κ3) is 3.53. The maximum absolute atomic E-state index is 13.3. The molecule has 0 radical (unpaired) electrons. The molecule has 0 spiro atoms. The van der Waals surface area contributed by atoms with Gasteiger partial charge in [0.1, 0.15) is 13.1 Å². The first kappa shape index (κ1) is 19.7. The number of nitrogens with zero attached hydrogens (tertiary/aromatic N) is 1. The maximum Gasteiger partial charge on any atom is 0.349 e. The molecule has 0 saturated carbocycles. The Labute approximate surface area is 174 Å². The van der Waals surface area contributed by atoms with E-state index in [0.29, 0.717) is 15.7 Å². The van der Waals surface area contributed by atoms with Crippen molar-refractivity contribution in [3.8, 4) is 11.8 Å². The Balaban J connectivity index is 1.55. The second-order valence-corrected chi connectivity index (χ2v) is 9.68. The molecule has 4 nitrogen and oxygen atoms in total. The number of esters is 1. The van der Waals surface area contributed by atoms with Crippen LogP contribution in [0.2, 0.25) is 0 Å². The van der Waals surface area contributed by atoms with Crippen LogP contribution in [0.4, 0.5) is 0 Å². The molecular formula is C22H26NO3S2+. The lowest BCUT2D eigenvalue weighted by Gasteiger charge is -2.51. The summed E-state index contributed by atoms with van der Waals surface area (Å²) >= 11 is 2.76. The lowest BCUT2D eigenvalue weighted by atomic mass is 9.83. The number of carbonyl (C=O) groups is 1. The van der Waals surface area contributed by atoms with Crippen molar-refractivity contribution in [2.24, 2.45) is 5.92 Å². The largest absolute Gasteiger partial charge is 0.453 e.